The highest BCUT2D eigenvalue weighted by atomic mass is 19.1. The summed E-state index contributed by atoms with van der Waals surface area (Å²) < 4.78 is 13.4. The number of para-hydroxylation sites is 1. The fourth-order valence-corrected chi connectivity index (χ4v) is 1.59. The summed E-state index contributed by atoms with van der Waals surface area (Å²) in [5, 5.41) is 9.64. The van der Waals surface area contributed by atoms with Crippen LogP contribution in [0.25, 0.3) is 11.1 Å². The second-order valence-electron chi connectivity index (χ2n) is 3.34. The van der Waals surface area contributed by atoms with Crippen LogP contribution in [0.3, 0.4) is 0 Å². The van der Waals surface area contributed by atoms with Gasteiger partial charge in [-0.2, -0.15) is 0 Å². The first-order valence-electron chi connectivity index (χ1n) is 4.76. The molecule has 0 bridgehead atoms. The molecule has 1 N–H and O–H groups in total. The summed E-state index contributed by atoms with van der Waals surface area (Å²) >= 11 is 0. The van der Waals surface area contributed by atoms with Crippen LogP contribution in [0.2, 0.25) is 0 Å². The van der Waals surface area contributed by atoms with Gasteiger partial charge in [-0.15, -0.1) is 0 Å². The number of rotatable bonds is 2. The SMILES string of the molecule is O=Cc1c(F)cccc1-c1ccccc1O. The highest BCUT2D eigenvalue weighted by Crippen LogP contribution is 2.31. The molecule has 0 unspecified atom stereocenters. The van der Waals surface area contributed by atoms with E-state index in [1.807, 2.05) is 0 Å². The molecule has 0 aliphatic carbocycles. The largest absolute Gasteiger partial charge is 0.507 e. The minimum Gasteiger partial charge on any atom is -0.507 e. The molecule has 2 aromatic rings. The number of hydrogen-bond acceptors (Lipinski definition) is 2. The zero-order valence-electron chi connectivity index (χ0n) is 8.35. The van der Waals surface area contributed by atoms with Crippen molar-refractivity contribution in [2.75, 3.05) is 0 Å². The molecule has 0 aromatic heterocycles. The van der Waals surface area contributed by atoms with E-state index in [1.54, 1.807) is 24.3 Å². The van der Waals surface area contributed by atoms with Gasteiger partial charge in [0.2, 0.25) is 0 Å². The lowest BCUT2D eigenvalue weighted by atomic mass is 9.99. The minimum absolute atomic E-state index is 0.0243. The summed E-state index contributed by atoms with van der Waals surface area (Å²) in [5.41, 5.74) is 0.807. The minimum atomic E-state index is -0.587. The van der Waals surface area contributed by atoms with E-state index in [0.717, 1.165) is 0 Å². The molecule has 0 saturated carbocycles. The summed E-state index contributed by atoms with van der Waals surface area (Å²) in [5.74, 6) is -0.563. The molecule has 0 spiro atoms. The van der Waals surface area contributed by atoms with Gasteiger partial charge in [-0.05, 0) is 17.7 Å². The molecule has 16 heavy (non-hydrogen) atoms. The smallest absolute Gasteiger partial charge is 0.153 e. The van der Waals surface area contributed by atoms with Crippen molar-refractivity contribution in [3.05, 3.63) is 53.8 Å². The number of phenolic OH excluding ortho intramolecular Hbond substituents is 1. The van der Waals surface area contributed by atoms with E-state index in [1.165, 1.54) is 18.2 Å². The molecule has 0 radical (unpaired) electrons. The van der Waals surface area contributed by atoms with E-state index in [-0.39, 0.29) is 11.3 Å². The van der Waals surface area contributed by atoms with Gasteiger partial charge in [0.1, 0.15) is 11.6 Å². The van der Waals surface area contributed by atoms with Crippen LogP contribution in [0.4, 0.5) is 4.39 Å². The van der Waals surface area contributed by atoms with Crippen molar-refractivity contribution in [1.82, 2.24) is 0 Å². The Hall–Kier alpha value is -2.16. The predicted molar refractivity (Wildman–Crippen MR) is 58.9 cm³/mol. The van der Waals surface area contributed by atoms with Crippen LogP contribution in [-0.2, 0) is 0 Å². The molecular weight excluding hydrogens is 207 g/mol. The average Bonchev–Trinajstić information content (AvgIpc) is 2.29. The highest BCUT2D eigenvalue weighted by molar-refractivity contribution is 5.89. The Balaban J connectivity index is 2.69. The Kier molecular flexibility index (Phi) is 2.68. The van der Waals surface area contributed by atoms with E-state index in [2.05, 4.69) is 0 Å². The molecule has 2 aromatic carbocycles. The summed E-state index contributed by atoms with van der Waals surface area (Å²) in [6.07, 6.45) is 0.455. The van der Waals surface area contributed by atoms with E-state index < -0.39 is 5.82 Å². The van der Waals surface area contributed by atoms with Gasteiger partial charge >= 0.3 is 0 Å². The topological polar surface area (TPSA) is 37.3 Å². The number of halogens is 1. The van der Waals surface area contributed by atoms with Crippen molar-refractivity contribution >= 4 is 6.29 Å². The van der Waals surface area contributed by atoms with Crippen LogP contribution >= 0.6 is 0 Å². The summed E-state index contributed by atoms with van der Waals surface area (Å²) in [7, 11) is 0. The summed E-state index contributed by atoms with van der Waals surface area (Å²) in [6.45, 7) is 0. The highest BCUT2D eigenvalue weighted by Gasteiger charge is 2.11. The van der Waals surface area contributed by atoms with Crippen molar-refractivity contribution in [2.45, 2.75) is 0 Å². The number of hydrogen-bond donors (Lipinski definition) is 1. The van der Waals surface area contributed by atoms with E-state index in [9.17, 15) is 14.3 Å². The van der Waals surface area contributed by atoms with Crippen molar-refractivity contribution in [1.29, 1.82) is 0 Å². The van der Waals surface area contributed by atoms with Crippen LogP contribution in [0.5, 0.6) is 5.75 Å². The van der Waals surface area contributed by atoms with E-state index in [0.29, 0.717) is 17.4 Å². The van der Waals surface area contributed by atoms with Gasteiger partial charge in [-0.1, -0.05) is 30.3 Å². The maximum Gasteiger partial charge on any atom is 0.153 e. The molecule has 3 heteroatoms. The fourth-order valence-electron chi connectivity index (χ4n) is 1.59. The monoisotopic (exact) mass is 216 g/mol. The maximum absolute atomic E-state index is 13.4. The summed E-state index contributed by atoms with van der Waals surface area (Å²) in [4.78, 5) is 10.8. The maximum atomic E-state index is 13.4. The Labute approximate surface area is 92.0 Å². The fraction of sp³-hybridized carbons (Fsp3) is 0. The van der Waals surface area contributed by atoms with Crippen molar-refractivity contribution in [3.8, 4) is 16.9 Å². The molecule has 80 valence electrons. The van der Waals surface area contributed by atoms with Crippen molar-refractivity contribution in [2.24, 2.45) is 0 Å². The third-order valence-corrected chi connectivity index (χ3v) is 2.36. The number of aldehydes is 1. The number of carbonyl (C=O) groups is 1. The molecule has 0 fully saturated rings. The van der Waals surface area contributed by atoms with Gasteiger partial charge in [0.05, 0.1) is 5.56 Å². The second kappa shape index (κ2) is 4.14. The Morgan fingerprint density at radius 3 is 2.38 bits per heavy atom. The number of benzene rings is 2. The molecular formula is C13H9FO2. The Morgan fingerprint density at radius 2 is 1.69 bits per heavy atom. The Bertz CT molecular complexity index is 535. The molecule has 0 atom stereocenters. The number of phenols is 1. The zero-order valence-corrected chi connectivity index (χ0v) is 8.35. The molecule has 0 amide bonds. The third-order valence-electron chi connectivity index (χ3n) is 2.36. The number of aromatic hydroxyl groups is 1. The van der Waals surface area contributed by atoms with Crippen LogP contribution in [0, 0.1) is 5.82 Å². The van der Waals surface area contributed by atoms with Crippen LogP contribution in [-0.4, -0.2) is 11.4 Å². The first kappa shape index (κ1) is 10.4. The molecule has 0 heterocycles. The molecule has 0 aliphatic heterocycles. The van der Waals surface area contributed by atoms with Crippen molar-refractivity contribution in [3.63, 3.8) is 0 Å². The predicted octanol–water partition coefficient (Wildman–Crippen LogP) is 3.01. The first-order chi connectivity index (χ1) is 7.74. The van der Waals surface area contributed by atoms with Gasteiger partial charge in [-0.3, -0.25) is 4.79 Å². The lowest BCUT2D eigenvalue weighted by molar-refractivity contribution is 0.112. The summed E-state index contributed by atoms with van der Waals surface area (Å²) in [6, 6.07) is 10.8. The lowest BCUT2D eigenvalue weighted by Crippen LogP contribution is -1.92. The molecule has 2 rings (SSSR count). The van der Waals surface area contributed by atoms with Gasteiger partial charge in [-0.25, -0.2) is 4.39 Å². The van der Waals surface area contributed by atoms with Gasteiger partial charge in [0.15, 0.2) is 6.29 Å². The molecule has 0 saturated heterocycles. The normalized spacial score (nSPS) is 10.1. The van der Waals surface area contributed by atoms with E-state index in [4.69, 9.17) is 0 Å². The zero-order chi connectivity index (χ0) is 11.5. The van der Waals surface area contributed by atoms with Crippen LogP contribution in [0.1, 0.15) is 10.4 Å². The molecule has 0 aliphatic rings. The molecule has 2 nitrogen and oxygen atoms in total. The van der Waals surface area contributed by atoms with Crippen molar-refractivity contribution < 1.29 is 14.3 Å². The van der Waals surface area contributed by atoms with Gasteiger partial charge < -0.3 is 5.11 Å². The first-order valence-corrected chi connectivity index (χ1v) is 4.76. The van der Waals surface area contributed by atoms with Crippen LogP contribution in [0.15, 0.2) is 42.5 Å². The average molecular weight is 216 g/mol. The van der Waals surface area contributed by atoms with Gasteiger partial charge in [0, 0.05) is 5.56 Å². The number of carbonyl (C=O) groups excluding carboxylic acids is 1. The lowest BCUT2D eigenvalue weighted by Gasteiger charge is -2.07. The second-order valence-corrected chi connectivity index (χ2v) is 3.34. The van der Waals surface area contributed by atoms with E-state index >= 15 is 0 Å². The standard InChI is InChI=1S/C13H9FO2/c14-12-6-3-5-9(11(12)8-15)10-4-1-2-7-13(10)16/h1-8,16H. The quantitative estimate of drug-likeness (QED) is 0.783. The van der Waals surface area contributed by atoms with Crippen LogP contribution < -0.4 is 0 Å². The Morgan fingerprint density at radius 1 is 1.00 bits per heavy atom. The van der Waals surface area contributed by atoms with Gasteiger partial charge in [0.25, 0.3) is 0 Å². The third kappa shape index (κ3) is 1.67.